The maximum absolute atomic E-state index is 11.9. The van der Waals surface area contributed by atoms with Crippen molar-refractivity contribution in [2.24, 2.45) is 0 Å². The Morgan fingerprint density at radius 2 is 2.31 bits per heavy atom. The van der Waals surface area contributed by atoms with Crippen molar-refractivity contribution in [2.75, 3.05) is 33.0 Å². The van der Waals surface area contributed by atoms with Crippen LogP contribution in [0, 0.1) is 0 Å². The quantitative estimate of drug-likeness (QED) is 0.755. The molecule has 6 heteroatoms. The summed E-state index contributed by atoms with van der Waals surface area (Å²) in [6, 6.07) is 0. The second-order valence-corrected chi connectivity index (χ2v) is 3.54. The summed E-state index contributed by atoms with van der Waals surface area (Å²) in [4.78, 5) is 13.4. The molecule has 0 saturated heterocycles. The molecule has 1 aromatic rings. The molecule has 16 heavy (non-hydrogen) atoms. The second kappa shape index (κ2) is 5.50. The fourth-order valence-electron chi connectivity index (χ4n) is 1.33. The van der Waals surface area contributed by atoms with E-state index in [1.165, 1.54) is 4.90 Å². The van der Waals surface area contributed by atoms with E-state index in [4.69, 9.17) is 10.5 Å². The van der Waals surface area contributed by atoms with Crippen molar-refractivity contribution in [3.05, 3.63) is 11.4 Å². The molecule has 1 rings (SSSR count). The molecule has 0 unspecified atom stereocenters. The van der Waals surface area contributed by atoms with Gasteiger partial charge in [0, 0.05) is 20.7 Å². The number of carbonyl (C=O) groups excluding carboxylic acids is 1. The van der Waals surface area contributed by atoms with E-state index < -0.39 is 0 Å². The number of hydrogen-bond donors (Lipinski definition) is 2. The minimum absolute atomic E-state index is 0.189. The highest BCUT2D eigenvalue weighted by Crippen LogP contribution is 2.15. The van der Waals surface area contributed by atoms with Crippen LogP contribution >= 0.6 is 0 Å². The average molecular weight is 226 g/mol. The van der Waals surface area contributed by atoms with Gasteiger partial charge in [0.2, 0.25) is 0 Å². The van der Waals surface area contributed by atoms with Gasteiger partial charge in [0.25, 0.3) is 5.91 Å². The number of amides is 1. The molecule has 0 aliphatic carbocycles. The number of H-pyrrole nitrogens is 1. The molecule has 6 nitrogen and oxygen atoms in total. The van der Waals surface area contributed by atoms with Gasteiger partial charge >= 0.3 is 0 Å². The monoisotopic (exact) mass is 226 g/mol. The van der Waals surface area contributed by atoms with Gasteiger partial charge in [-0.2, -0.15) is 5.10 Å². The highest BCUT2D eigenvalue weighted by Gasteiger charge is 2.19. The first kappa shape index (κ1) is 12.5. The zero-order valence-electron chi connectivity index (χ0n) is 9.91. The Bertz CT molecular complexity index is 362. The number of ether oxygens (including phenoxy) is 1. The van der Waals surface area contributed by atoms with Gasteiger partial charge in [0.05, 0.1) is 18.0 Å². The zero-order valence-corrected chi connectivity index (χ0v) is 9.91. The molecule has 0 atom stereocenters. The summed E-state index contributed by atoms with van der Waals surface area (Å²) in [5.41, 5.74) is 7.33. The van der Waals surface area contributed by atoms with Crippen LogP contribution in [0.5, 0.6) is 0 Å². The number of methoxy groups -OCH3 is 1. The number of aromatic nitrogens is 2. The summed E-state index contributed by atoms with van der Waals surface area (Å²) in [6.45, 7) is 2.96. The number of anilines is 1. The molecule has 3 N–H and O–H groups in total. The predicted octanol–water partition coefficient (Wildman–Crippen LogP) is 0.273. The molecule has 1 aromatic heterocycles. The smallest absolute Gasteiger partial charge is 0.276 e. The average Bonchev–Trinajstić information content (AvgIpc) is 2.66. The fourth-order valence-corrected chi connectivity index (χ4v) is 1.33. The van der Waals surface area contributed by atoms with Gasteiger partial charge in [-0.05, 0) is 6.42 Å². The normalized spacial score (nSPS) is 10.4. The van der Waals surface area contributed by atoms with Crippen LogP contribution in [0.3, 0.4) is 0 Å². The summed E-state index contributed by atoms with van der Waals surface area (Å²) in [5.74, 6) is -0.189. The van der Waals surface area contributed by atoms with Crippen molar-refractivity contribution >= 4 is 11.6 Å². The lowest BCUT2D eigenvalue weighted by molar-refractivity contribution is 0.0739. The maximum Gasteiger partial charge on any atom is 0.276 e. The Labute approximate surface area is 94.8 Å². The van der Waals surface area contributed by atoms with E-state index in [0.29, 0.717) is 18.8 Å². The maximum atomic E-state index is 11.9. The first-order chi connectivity index (χ1) is 7.61. The van der Waals surface area contributed by atoms with E-state index in [0.717, 1.165) is 12.1 Å². The Morgan fingerprint density at radius 1 is 1.62 bits per heavy atom. The first-order valence-corrected chi connectivity index (χ1v) is 5.18. The number of rotatable bonds is 5. The van der Waals surface area contributed by atoms with Crippen LogP contribution in [-0.4, -0.2) is 48.3 Å². The number of carbonyl (C=O) groups is 1. The summed E-state index contributed by atoms with van der Waals surface area (Å²) >= 11 is 0. The van der Waals surface area contributed by atoms with Crippen LogP contribution in [0.25, 0.3) is 0 Å². The summed E-state index contributed by atoms with van der Waals surface area (Å²) < 4.78 is 4.90. The highest BCUT2D eigenvalue weighted by molar-refractivity contribution is 5.97. The molecule has 0 aromatic carbocycles. The number of hydrogen-bond acceptors (Lipinski definition) is 4. The van der Waals surface area contributed by atoms with Crippen LogP contribution in [0.1, 0.15) is 23.1 Å². The van der Waals surface area contributed by atoms with Crippen LogP contribution in [0.4, 0.5) is 5.69 Å². The van der Waals surface area contributed by atoms with Crippen molar-refractivity contribution < 1.29 is 9.53 Å². The van der Waals surface area contributed by atoms with Gasteiger partial charge in [-0.25, -0.2) is 0 Å². The Morgan fingerprint density at radius 3 is 2.81 bits per heavy atom. The number of aryl methyl sites for hydroxylation is 1. The second-order valence-electron chi connectivity index (χ2n) is 3.54. The van der Waals surface area contributed by atoms with Crippen molar-refractivity contribution in [1.29, 1.82) is 0 Å². The Hall–Kier alpha value is -1.56. The number of likely N-dealkylation sites (N-methyl/N-ethyl adjacent to an activating group) is 1. The highest BCUT2D eigenvalue weighted by atomic mass is 16.5. The standard InChI is InChI=1S/C10H18N4O2/c1-4-7-8(11)9(13-12-7)10(15)14(2)5-6-16-3/h4-6,11H2,1-3H3,(H,12,13). The molecular formula is C10H18N4O2. The Kier molecular flexibility index (Phi) is 4.30. The van der Waals surface area contributed by atoms with E-state index in [-0.39, 0.29) is 11.6 Å². The van der Waals surface area contributed by atoms with Crippen molar-refractivity contribution in [1.82, 2.24) is 15.1 Å². The lowest BCUT2D eigenvalue weighted by atomic mass is 10.2. The van der Waals surface area contributed by atoms with E-state index in [2.05, 4.69) is 10.2 Å². The number of nitrogens with two attached hydrogens (primary N) is 1. The molecule has 1 heterocycles. The largest absolute Gasteiger partial charge is 0.395 e. The lowest BCUT2D eigenvalue weighted by Gasteiger charge is -2.15. The van der Waals surface area contributed by atoms with Gasteiger partial charge in [-0.3, -0.25) is 9.89 Å². The predicted molar refractivity (Wildman–Crippen MR) is 61.2 cm³/mol. The van der Waals surface area contributed by atoms with Gasteiger partial charge in [-0.1, -0.05) is 6.92 Å². The molecule has 0 fully saturated rings. The molecule has 1 amide bonds. The molecule has 0 aliphatic heterocycles. The zero-order chi connectivity index (χ0) is 12.1. The summed E-state index contributed by atoms with van der Waals surface area (Å²) in [6.07, 6.45) is 0.730. The number of nitrogen functional groups attached to an aromatic ring is 1. The molecular weight excluding hydrogens is 208 g/mol. The van der Waals surface area contributed by atoms with E-state index >= 15 is 0 Å². The summed E-state index contributed by atoms with van der Waals surface area (Å²) in [7, 11) is 3.29. The van der Waals surface area contributed by atoms with E-state index in [1.807, 2.05) is 6.92 Å². The van der Waals surface area contributed by atoms with E-state index in [1.54, 1.807) is 14.2 Å². The number of nitrogens with one attached hydrogen (secondary N) is 1. The van der Waals surface area contributed by atoms with Gasteiger partial charge in [0.15, 0.2) is 5.69 Å². The first-order valence-electron chi connectivity index (χ1n) is 5.18. The number of nitrogens with zero attached hydrogens (tertiary/aromatic N) is 2. The molecule has 0 spiro atoms. The minimum Gasteiger partial charge on any atom is -0.395 e. The number of aromatic amines is 1. The molecule has 0 bridgehead atoms. The molecule has 0 saturated carbocycles. The third-order valence-corrected chi connectivity index (χ3v) is 2.42. The van der Waals surface area contributed by atoms with Gasteiger partial charge < -0.3 is 15.4 Å². The SMILES string of the molecule is CCc1[nH]nc(C(=O)N(C)CCOC)c1N. The van der Waals surface area contributed by atoms with Crippen LogP contribution in [-0.2, 0) is 11.2 Å². The van der Waals surface area contributed by atoms with Crippen molar-refractivity contribution in [3.63, 3.8) is 0 Å². The van der Waals surface area contributed by atoms with E-state index in [9.17, 15) is 4.79 Å². The lowest BCUT2D eigenvalue weighted by Crippen LogP contribution is -2.30. The van der Waals surface area contributed by atoms with Crippen molar-refractivity contribution in [2.45, 2.75) is 13.3 Å². The van der Waals surface area contributed by atoms with Crippen molar-refractivity contribution in [3.8, 4) is 0 Å². The van der Waals surface area contributed by atoms with Gasteiger partial charge in [0.1, 0.15) is 0 Å². The van der Waals surface area contributed by atoms with Crippen LogP contribution in [0.15, 0.2) is 0 Å². The summed E-state index contributed by atoms with van der Waals surface area (Å²) in [5, 5.41) is 6.70. The topological polar surface area (TPSA) is 84.2 Å². The molecule has 0 radical (unpaired) electrons. The molecule has 90 valence electrons. The van der Waals surface area contributed by atoms with Crippen LogP contribution in [0.2, 0.25) is 0 Å². The molecule has 0 aliphatic rings. The Balaban J connectivity index is 2.75. The third kappa shape index (κ3) is 2.52. The minimum atomic E-state index is -0.189. The van der Waals surface area contributed by atoms with Gasteiger partial charge in [-0.15, -0.1) is 0 Å². The van der Waals surface area contributed by atoms with Crippen LogP contribution < -0.4 is 5.73 Å². The third-order valence-electron chi connectivity index (χ3n) is 2.42. The fraction of sp³-hybridized carbons (Fsp3) is 0.600.